The zero-order chi connectivity index (χ0) is 27.0. The number of rotatable bonds is 9. The molecule has 3 aromatic carbocycles. The summed E-state index contributed by atoms with van der Waals surface area (Å²) in [7, 11) is 0. The van der Waals surface area contributed by atoms with E-state index in [0.29, 0.717) is 38.1 Å². The van der Waals surface area contributed by atoms with E-state index < -0.39 is 0 Å². The van der Waals surface area contributed by atoms with E-state index in [0.717, 1.165) is 37.2 Å². The molecule has 0 saturated carbocycles. The average Bonchev–Trinajstić information content (AvgIpc) is 2.94. The first-order valence-electron chi connectivity index (χ1n) is 12.5. The van der Waals surface area contributed by atoms with Crippen molar-refractivity contribution in [1.29, 1.82) is 0 Å². The fraction of sp³-hybridized carbons (Fsp3) is 0.214. The molecule has 0 amide bonds. The SMILES string of the molecule is Fc1ccccc1COc1c(Br)cc(/C=N\Nc2nc(Nc3ccccc3)nc(N3CCCCC3)n2)cc1Br. The van der Waals surface area contributed by atoms with Gasteiger partial charge in [0.2, 0.25) is 17.8 Å². The van der Waals surface area contributed by atoms with Gasteiger partial charge in [-0.25, -0.2) is 9.82 Å². The number of ether oxygens (including phenoxy) is 1. The first kappa shape index (κ1) is 27.0. The zero-order valence-electron chi connectivity index (χ0n) is 20.9. The van der Waals surface area contributed by atoms with Gasteiger partial charge in [0.05, 0.1) is 15.2 Å². The lowest BCUT2D eigenvalue weighted by Gasteiger charge is -2.26. The van der Waals surface area contributed by atoms with Gasteiger partial charge in [-0.3, -0.25) is 0 Å². The number of hydrazone groups is 1. The van der Waals surface area contributed by atoms with Crippen molar-refractivity contribution in [1.82, 2.24) is 15.0 Å². The van der Waals surface area contributed by atoms with Gasteiger partial charge in [-0.15, -0.1) is 0 Å². The molecule has 200 valence electrons. The van der Waals surface area contributed by atoms with Crippen molar-refractivity contribution >= 4 is 61.6 Å². The van der Waals surface area contributed by atoms with Gasteiger partial charge in [0, 0.05) is 24.3 Å². The second-order valence-electron chi connectivity index (χ2n) is 8.89. The Morgan fingerprint density at radius 3 is 2.33 bits per heavy atom. The fourth-order valence-corrected chi connectivity index (χ4v) is 5.53. The van der Waals surface area contributed by atoms with Gasteiger partial charge in [-0.05, 0) is 87.0 Å². The molecule has 0 bridgehead atoms. The molecule has 5 rings (SSSR count). The van der Waals surface area contributed by atoms with E-state index in [2.05, 4.69) is 67.6 Å². The molecule has 0 spiro atoms. The number of benzene rings is 3. The standard InChI is InChI=1S/C28H26Br2FN7O/c29-22-15-19(16-23(30)25(22)39-18-20-9-5-6-12-24(20)31)17-32-37-27-34-26(33-21-10-3-1-4-11-21)35-28(36-27)38-13-7-2-8-14-38/h1,3-6,9-12,15-17H,2,7-8,13-14,18H2,(H2,33,34,35,36,37)/b32-17-. The first-order valence-corrected chi connectivity index (χ1v) is 14.1. The Bertz CT molecular complexity index is 1430. The van der Waals surface area contributed by atoms with E-state index in [9.17, 15) is 4.39 Å². The molecule has 1 aliphatic rings. The van der Waals surface area contributed by atoms with Gasteiger partial charge in [-0.2, -0.15) is 20.1 Å². The largest absolute Gasteiger partial charge is 0.486 e. The molecule has 4 aromatic rings. The predicted octanol–water partition coefficient (Wildman–Crippen LogP) is 7.29. The van der Waals surface area contributed by atoms with Gasteiger partial charge in [0.25, 0.3) is 0 Å². The summed E-state index contributed by atoms with van der Waals surface area (Å²) in [5.74, 6) is 1.66. The Morgan fingerprint density at radius 2 is 1.59 bits per heavy atom. The maximum absolute atomic E-state index is 14.0. The Morgan fingerprint density at radius 1 is 0.897 bits per heavy atom. The molecule has 0 unspecified atom stereocenters. The van der Waals surface area contributed by atoms with Crippen LogP contribution in [0.4, 0.5) is 27.9 Å². The van der Waals surface area contributed by atoms with E-state index in [-0.39, 0.29) is 12.4 Å². The predicted molar refractivity (Wildman–Crippen MR) is 159 cm³/mol. The summed E-state index contributed by atoms with van der Waals surface area (Å²) < 4.78 is 21.2. The maximum Gasteiger partial charge on any atom is 0.250 e. The number of hydrogen-bond acceptors (Lipinski definition) is 8. The topological polar surface area (TPSA) is 87.6 Å². The highest BCUT2D eigenvalue weighted by molar-refractivity contribution is 9.11. The van der Waals surface area contributed by atoms with Crippen molar-refractivity contribution in [3.05, 3.63) is 92.6 Å². The second kappa shape index (κ2) is 13.0. The number of anilines is 4. The van der Waals surface area contributed by atoms with Crippen LogP contribution in [-0.2, 0) is 6.61 Å². The molecular formula is C28H26Br2FN7O. The number of hydrogen-bond donors (Lipinski definition) is 2. The minimum atomic E-state index is -0.302. The summed E-state index contributed by atoms with van der Waals surface area (Å²) in [6.45, 7) is 1.92. The van der Waals surface area contributed by atoms with Crippen LogP contribution in [0.15, 0.2) is 80.8 Å². The van der Waals surface area contributed by atoms with Crippen LogP contribution in [0.25, 0.3) is 0 Å². The van der Waals surface area contributed by atoms with Crippen molar-refractivity contribution < 1.29 is 9.13 Å². The third-order valence-corrected chi connectivity index (χ3v) is 7.20. The molecule has 0 radical (unpaired) electrons. The lowest BCUT2D eigenvalue weighted by atomic mass is 10.1. The van der Waals surface area contributed by atoms with E-state index in [1.54, 1.807) is 24.4 Å². The summed E-state index contributed by atoms with van der Waals surface area (Å²) in [6.07, 6.45) is 5.09. The molecule has 1 saturated heterocycles. The van der Waals surface area contributed by atoms with Gasteiger partial charge < -0.3 is 15.0 Å². The normalized spacial score (nSPS) is 13.5. The van der Waals surface area contributed by atoms with E-state index in [1.807, 2.05) is 42.5 Å². The summed E-state index contributed by atoms with van der Waals surface area (Å²) >= 11 is 7.09. The van der Waals surface area contributed by atoms with Crippen LogP contribution < -0.4 is 20.4 Å². The highest BCUT2D eigenvalue weighted by Gasteiger charge is 2.16. The van der Waals surface area contributed by atoms with Crippen LogP contribution in [0.1, 0.15) is 30.4 Å². The summed E-state index contributed by atoms with van der Waals surface area (Å²) in [4.78, 5) is 15.9. The number of aromatic nitrogens is 3. The quantitative estimate of drug-likeness (QED) is 0.145. The minimum Gasteiger partial charge on any atom is -0.486 e. The van der Waals surface area contributed by atoms with Crippen molar-refractivity contribution in [3.8, 4) is 5.75 Å². The summed E-state index contributed by atoms with van der Waals surface area (Å²) in [6, 6.07) is 20.0. The van der Waals surface area contributed by atoms with Crippen LogP contribution in [0.3, 0.4) is 0 Å². The third kappa shape index (κ3) is 7.30. The van der Waals surface area contributed by atoms with Crippen molar-refractivity contribution in [3.63, 3.8) is 0 Å². The molecule has 1 aromatic heterocycles. The van der Waals surface area contributed by atoms with Crippen LogP contribution in [0.5, 0.6) is 5.75 Å². The van der Waals surface area contributed by atoms with Crippen molar-refractivity contribution in [2.24, 2.45) is 5.10 Å². The summed E-state index contributed by atoms with van der Waals surface area (Å²) in [5.41, 5.74) is 5.10. The lowest BCUT2D eigenvalue weighted by molar-refractivity contribution is 0.296. The number of para-hydroxylation sites is 1. The van der Waals surface area contributed by atoms with Crippen LogP contribution in [0.2, 0.25) is 0 Å². The number of halogens is 3. The molecule has 1 aliphatic heterocycles. The number of nitrogens with one attached hydrogen (secondary N) is 2. The smallest absolute Gasteiger partial charge is 0.250 e. The van der Waals surface area contributed by atoms with Crippen LogP contribution in [0, 0.1) is 5.82 Å². The van der Waals surface area contributed by atoms with Gasteiger partial charge in [0.15, 0.2) is 0 Å². The fourth-order valence-electron chi connectivity index (χ4n) is 4.08. The molecule has 2 heterocycles. The maximum atomic E-state index is 14.0. The third-order valence-electron chi connectivity index (χ3n) is 6.02. The van der Waals surface area contributed by atoms with E-state index >= 15 is 0 Å². The molecule has 1 fully saturated rings. The van der Waals surface area contributed by atoms with Crippen LogP contribution >= 0.6 is 31.9 Å². The van der Waals surface area contributed by atoms with E-state index in [4.69, 9.17) is 4.74 Å². The van der Waals surface area contributed by atoms with Crippen molar-refractivity contribution in [2.75, 3.05) is 28.7 Å². The Balaban J connectivity index is 1.30. The number of nitrogens with zero attached hydrogens (tertiary/aromatic N) is 5. The first-order chi connectivity index (χ1) is 19.0. The zero-order valence-corrected chi connectivity index (χ0v) is 24.1. The van der Waals surface area contributed by atoms with Gasteiger partial charge in [-0.1, -0.05) is 36.4 Å². The van der Waals surface area contributed by atoms with E-state index in [1.165, 1.54) is 12.5 Å². The summed E-state index contributed by atoms with van der Waals surface area (Å²) in [5, 5.41) is 7.61. The van der Waals surface area contributed by atoms with Crippen LogP contribution in [-0.4, -0.2) is 34.3 Å². The molecule has 2 N–H and O–H groups in total. The molecular weight excluding hydrogens is 629 g/mol. The Kier molecular flexibility index (Phi) is 9.00. The monoisotopic (exact) mass is 653 g/mol. The Labute approximate surface area is 243 Å². The lowest BCUT2D eigenvalue weighted by Crippen LogP contribution is -2.31. The highest BCUT2D eigenvalue weighted by Crippen LogP contribution is 2.35. The highest BCUT2D eigenvalue weighted by atomic mass is 79.9. The molecule has 0 atom stereocenters. The molecule has 11 heteroatoms. The minimum absolute atomic E-state index is 0.108. The molecule has 0 aliphatic carbocycles. The second-order valence-corrected chi connectivity index (χ2v) is 10.6. The van der Waals surface area contributed by atoms with Gasteiger partial charge >= 0.3 is 0 Å². The molecule has 39 heavy (non-hydrogen) atoms. The van der Waals surface area contributed by atoms with Crippen molar-refractivity contribution in [2.45, 2.75) is 25.9 Å². The average molecular weight is 655 g/mol. The Hall–Kier alpha value is -3.57. The number of piperidine rings is 1. The molecule has 8 nitrogen and oxygen atoms in total. The van der Waals surface area contributed by atoms with Gasteiger partial charge in [0.1, 0.15) is 18.2 Å².